The van der Waals surface area contributed by atoms with E-state index >= 15 is 0 Å². The summed E-state index contributed by atoms with van der Waals surface area (Å²) in [6.07, 6.45) is 0.496. The van der Waals surface area contributed by atoms with Crippen LogP contribution in [0.3, 0.4) is 0 Å². The van der Waals surface area contributed by atoms with Gasteiger partial charge in [-0.1, -0.05) is 6.07 Å². The van der Waals surface area contributed by atoms with Gasteiger partial charge in [0.05, 0.1) is 20.1 Å². The predicted molar refractivity (Wildman–Crippen MR) is 73.8 cm³/mol. The van der Waals surface area contributed by atoms with Crippen LogP contribution in [0.4, 0.5) is 8.78 Å². The fourth-order valence-electron chi connectivity index (χ4n) is 2.13. The highest BCUT2D eigenvalue weighted by Gasteiger charge is 2.22. The largest absolute Gasteiger partial charge is 0.497 e. The smallest absolute Gasteiger partial charge is 0.132 e. The van der Waals surface area contributed by atoms with Crippen LogP contribution >= 0.6 is 0 Å². The van der Waals surface area contributed by atoms with E-state index < -0.39 is 17.6 Å². The zero-order valence-corrected chi connectivity index (χ0v) is 11.6. The van der Waals surface area contributed by atoms with Crippen molar-refractivity contribution in [2.75, 3.05) is 14.2 Å². The lowest BCUT2D eigenvalue weighted by Gasteiger charge is -2.15. The van der Waals surface area contributed by atoms with Gasteiger partial charge in [-0.2, -0.15) is 0 Å². The molecule has 0 fully saturated rings. The van der Waals surface area contributed by atoms with Crippen molar-refractivity contribution >= 4 is 6.29 Å². The van der Waals surface area contributed by atoms with Gasteiger partial charge < -0.3 is 14.3 Å². The van der Waals surface area contributed by atoms with E-state index in [1.54, 1.807) is 18.2 Å². The lowest BCUT2D eigenvalue weighted by molar-refractivity contribution is -0.108. The van der Waals surface area contributed by atoms with Gasteiger partial charge in [0.2, 0.25) is 0 Å². The minimum Gasteiger partial charge on any atom is -0.497 e. The number of halogens is 2. The van der Waals surface area contributed by atoms with E-state index in [1.165, 1.54) is 20.3 Å². The number of benzene rings is 2. The summed E-state index contributed by atoms with van der Waals surface area (Å²) in [7, 11) is 2.91. The summed E-state index contributed by atoms with van der Waals surface area (Å²) in [5.74, 6) is -1.74. The molecule has 0 N–H and O–H groups in total. The molecule has 0 aromatic heterocycles. The molecule has 21 heavy (non-hydrogen) atoms. The van der Waals surface area contributed by atoms with Gasteiger partial charge in [-0.3, -0.25) is 0 Å². The Balaban J connectivity index is 2.58. The van der Waals surface area contributed by atoms with Crippen molar-refractivity contribution in [3.63, 3.8) is 0 Å². The van der Waals surface area contributed by atoms with Crippen molar-refractivity contribution < 1.29 is 23.0 Å². The average molecular weight is 292 g/mol. The number of aldehydes is 1. The first-order chi connectivity index (χ1) is 10.1. The van der Waals surface area contributed by atoms with E-state index in [0.717, 1.165) is 12.1 Å². The molecule has 3 nitrogen and oxygen atoms in total. The topological polar surface area (TPSA) is 35.5 Å². The highest BCUT2D eigenvalue weighted by molar-refractivity contribution is 5.69. The Kier molecular flexibility index (Phi) is 4.52. The summed E-state index contributed by atoms with van der Waals surface area (Å²) in [5, 5.41) is 0. The Morgan fingerprint density at radius 2 is 1.52 bits per heavy atom. The third-order valence-corrected chi connectivity index (χ3v) is 3.18. The van der Waals surface area contributed by atoms with Crippen LogP contribution in [0.1, 0.15) is 17.0 Å². The molecule has 0 saturated carbocycles. The Labute approximate surface area is 121 Å². The fraction of sp³-hybridized carbons (Fsp3) is 0.188. The van der Waals surface area contributed by atoms with Gasteiger partial charge in [0.25, 0.3) is 0 Å². The second-order valence-electron chi connectivity index (χ2n) is 4.40. The van der Waals surface area contributed by atoms with Gasteiger partial charge in [-0.15, -0.1) is 0 Å². The first-order valence-corrected chi connectivity index (χ1v) is 6.23. The summed E-state index contributed by atoms with van der Waals surface area (Å²) >= 11 is 0. The highest BCUT2D eigenvalue weighted by Crippen LogP contribution is 2.32. The van der Waals surface area contributed by atoms with E-state index in [-0.39, 0.29) is 5.56 Å². The van der Waals surface area contributed by atoms with E-state index in [2.05, 4.69) is 0 Å². The minimum atomic E-state index is -1.07. The first-order valence-electron chi connectivity index (χ1n) is 6.23. The molecule has 110 valence electrons. The van der Waals surface area contributed by atoms with Crippen LogP contribution < -0.4 is 9.47 Å². The second-order valence-corrected chi connectivity index (χ2v) is 4.40. The maximum atomic E-state index is 13.9. The molecule has 5 heteroatoms. The number of rotatable bonds is 5. The number of carbonyl (C=O) groups is 1. The van der Waals surface area contributed by atoms with E-state index in [9.17, 15) is 13.6 Å². The molecule has 2 rings (SSSR count). The van der Waals surface area contributed by atoms with Crippen molar-refractivity contribution in [2.45, 2.75) is 5.92 Å². The van der Waals surface area contributed by atoms with Crippen LogP contribution in [-0.4, -0.2) is 20.5 Å². The van der Waals surface area contributed by atoms with Crippen LogP contribution in [0.15, 0.2) is 36.4 Å². The van der Waals surface area contributed by atoms with E-state index in [4.69, 9.17) is 9.47 Å². The third kappa shape index (κ3) is 3.02. The van der Waals surface area contributed by atoms with Crippen molar-refractivity contribution in [3.8, 4) is 11.5 Å². The molecule has 0 bridgehead atoms. The quantitative estimate of drug-likeness (QED) is 0.793. The Morgan fingerprint density at radius 3 is 1.95 bits per heavy atom. The Hall–Kier alpha value is -2.43. The van der Waals surface area contributed by atoms with Gasteiger partial charge in [-0.05, 0) is 29.8 Å². The van der Waals surface area contributed by atoms with Gasteiger partial charge in [0.15, 0.2) is 0 Å². The molecular formula is C16H14F2O3. The maximum absolute atomic E-state index is 13.9. The van der Waals surface area contributed by atoms with E-state index in [0.29, 0.717) is 23.3 Å². The normalized spacial score (nSPS) is 11.8. The summed E-state index contributed by atoms with van der Waals surface area (Å²) < 4.78 is 38.0. The summed E-state index contributed by atoms with van der Waals surface area (Å²) in [5.41, 5.74) is 0.105. The SMILES string of the molecule is COc1cc(OC)cc(C(C=O)c2c(F)cccc2F)c1. The molecule has 0 aliphatic carbocycles. The van der Waals surface area contributed by atoms with Gasteiger partial charge in [0, 0.05) is 11.6 Å². The molecule has 1 unspecified atom stereocenters. The molecule has 0 saturated heterocycles. The predicted octanol–water partition coefficient (Wildman–Crippen LogP) is 3.31. The monoisotopic (exact) mass is 292 g/mol. The van der Waals surface area contributed by atoms with Crippen LogP contribution in [-0.2, 0) is 4.79 Å². The molecular weight excluding hydrogens is 278 g/mol. The number of hydrogen-bond donors (Lipinski definition) is 0. The summed E-state index contributed by atoms with van der Waals surface area (Å²) in [6.45, 7) is 0. The van der Waals surface area contributed by atoms with Crippen LogP contribution in [0.5, 0.6) is 11.5 Å². The van der Waals surface area contributed by atoms with Gasteiger partial charge >= 0.3 is 0 Å². The molecule has 0 radical (unpaired) electrons. The van der Waals surface area contributed by atoms with Crippen LogP contribution in [0.25, 0.3) is 0 Å². The summed E-state index contributed by atoms with van der Waals surface area (Å²) in [6, 6.07) is 8.20. The Morgan fingerprint density at radius 1 is 1.00 bits per heavy atom. The first kappa shape index (κ1) is 15.0. The van der Waals surface area contributed by atoms with Crippen molar-refractivity contribution in [3.05, 3.63) is 59.2 Å². The molecule has 2 aromatic rings. The molecule has 0 aliphatic heterocycles. The Bertz CT molecular complexity index is 613. The van der Waals surface area contributed by atoms with Crippen LogP contribution in [0.2, 0.25) is 0 Å². The highest BCUT2D eigenvalue weighted by atomic mass is 19.1. The molecule has 0 heterocycles. The minimum absolute atomic E-state index is 0.289. The van der Waals surface area contributed by atoms with Gasteiger partial charge in [0.1, 0.15) is 29.4 Å². The fourth-order valence-corrected chi connectivity index (χ4v) is 2.13. The standard InChI is InChI=1S/C16H14F2O3/c1-20-11-6-10(7-12(8-11)21-2)13(9-19)16-14(17)4-3-5-15(16)18/h3-9,13H,1-2H3. The lowest BCUT2D eigenvalue weighted by atomic mass is 9.91. The van der Waals surface area contributed by atoms with Gasteiger partial charge in [-0.25, -0.2) is 8.78 Å². The number of methoxy groups -OCH3 is 2. The second kappa shape index (κ2) is 6.35. The maximum Gasteiger partial charge on any atom is 0.132 e. The third-order valence-electron chi connectivity index (χ3n) is 3.18. The molecule has 0 amide bonds. The number of carbonyl (C=O) groups excluding carboxylic acids is 1. The zero-order chi connectivity index (χ0) is 15.4. The molecule has 0 spiro atoms. The van der Waals surface area contributed by atoms with Crippen molar-refractivity contribution in [2.24, 2.45) is 0 Å². The van der Waals surface area contributed by atoms with Crippen LogP contribution in [0, 0.1) is 11.6 Å². The lowest BCUT2D eigenvalue weighted by Crippen LogP contribution is -2.08. The molecule has 1 atom stereocenters. The van der Waals surface area contributed by atoms with E-state index in [1.807, 2.05) is 0 Å². The van der Waals surface area contributed by atoms with Crippen molar-refractivity contribution in [1.82, 2.24) is 0 Å². The number of ether oxygens (including phenoxy) is 2. The molecule has 2 aromatic carbocycles. The zero-order valence-electron chi connectivity index (χ0n) is 11.6. The van der Waals surface area contributed by atoms with Crippen molar-refractivity contribution in [1.29, 1.82) is 0 Å². The summed E-state index contributed by atoms with van der Waals surface area (Å²) in [4.78, 5) is 11.4. The number of hydrogen-bond acceptors (Lipinski definition) is 3. The average Bonchev–Trinajstić information content (AvgIpc) is 2.50. The molecule has 0 aliphatic rings.